The van der Waals surface area contributed by atoms with E-state index in [0.717, 1.165) is 0 Å². The summed E-state index contributed by atoms with van der Waals surface area (Å²) >= 11 is 0. The maximum absolute atomic E-state index is 12.2. The normalized spacial score (nSPS) is 14.5. The number of esters is 1. The molecular weight excluding hydrogens is 370 g/mol. The van der Waals surface area contributed by atoms with Crippen LogP contribution in [0, 0.1) is 0 Å². The predicted molar refractivity (Wildman–Crippen MR) is 94.3 cm³/mol. The Kier molecular flexibility index (Phi) is 8.30. The summed E-state index contributed by atoms with van der Waals surface area (Å²) in [6.07, 6.45) is 0. The highest BCUT2D eigenvalue weighted by atomic mass is 35.5. The maximum atomic E-state index is 12.2. The number of ether oxygens (including phenoxy) is 1. The lowest BCUT2D eigenvalue weighted by Crippen LogP contribution is -2.49. The summed E-state index contributed by atoms with van der Waals surface area (Å²) in [7, 11) is -3.81. The van der Waals surface area contributed by atoms with Crippen molar-refractivity contribution in [1.82, 2.24) is 14.9 Å². The first-order valence-corrected chi connectivity index (χ1v) is 9.17. The van der Waals surface area contributed by atoms with Gasteiger partial charge >= 0.3 is 5.97 Å². The molecule has 0 saturated carbocycles. The first kappa shape index (κ1) is 21.4. The second kappa shape index (κ2) is 9.71. The van der Waals surface area contributed by atoms with Crippen LogP contribution in [0.3, 0.4) is 0 Å². The molecule has 1 heterocycles. The molecule has 2 N–H and O–H groups in total. The number of rotatable bonds is 6. The molecule has 1 saturated heterocycles. The van der Waals surface area contributed by atoms with Crippen LogP contribution in [0.5, 0.6) is 0 Å². The molecule has 0 aliphatic carbocycles. The highest BCUT2D eigenvalue weighted by Gasteiger charge is 2.20. The monoisotopic (exact) mass is 391 g/mol. The van der Waals surface area contributed by atoms with Gasteiger partial charge in [-0.3, -0.25) is 4.79 Å². The number of halogens is 1. The van der Waals surface area contributed by atoms with Gasteiger partial charge in [0.25, 0.3) is 0 Å². The summed E-state index contributed by atoms with van der Waals surface area (Å²) < 4.78 is 31.6. The minimum absolute atomic E-state index is 0. The van der Waals surface area contributed by atoms with Crippen molar-refractivity contribution in [3.05, 3.63) is 29.8 Å². The van der Waals surface area contributed by atoms with E-state index in [1.165, 1.54) is 24.3 Å². The Morgan fingerprint density at radius 2 is 1.80 bits per heavy atom. The second-order valence-corrected chi connectivity index (χ2v) is 6.97. The zero-order valence-corrected chi connectivity index (χ0v) is 15.5. The van der Waals surface area contributed by atoms with Gasteiger partial charge in [-0.2, -0.15) is 0 Å². The summed E-state index contributed by atoms with van der Waals surface area (Å²) in [6, 6.07) is 5.38. The molecule has 2 rings (SSSR count). The number of hydrogen-bond donors (Lipinski definition) is 2. The fraction of sp³-hybridized carbons (Fsp3) is 0.467. The van der Waals surface area contributed by atoms with Crippen LogP contribution in [0.2, 0.25) is 0 Å². The van der Waals surface area contributed by atoms with Crippen molar-refractivity contribution in [3.63, 3.8) is 0 Å². The van der Waals surface area contributed by atoms with E-state index in [0.29, 0.717) is 26.2 Å². The van der Waals surface area contributed by atoms with Crippen molar-refractivity contribution in [2.75, 3.05) is 39.3 Å². The van der Waals surface area contributed by atoms with Crippen LogP contribution in [-0.4, -0.2) is 64.5 Å². The molecule has 0 spiro atoms. The highest BCUT2D eigenvalue weighted by Crippen LogP contribution is 2.11. The Bertz CT molecular complexity index is 688. The summed E-state index contributed by atoms with van der Waals surface area (Å²) in [4.78, 5) is 25.2. The Morgan fingerprint density at radius 1 is 1.20 bits per heavy atom. The first-order chi connectivity index (χ1) is 11.4. The number of hydrogen-bond acceptors (Lipinski definition) is 6. The third kappa shape index (κ3) is 5.96. The van der Waals surface area contributed by atoms with E-state index in [1.807, 2.05) is 0 Å². The Labute approximate surface area is 153 Å². The number of sulfonamides is 1. The van der Waals surface area contributed by atoms with Gasteiger partial charge in [-0.15, -0.1) is 12.4 Å². The lowest BCUT2D eigenvalue weighted by molar-refractivity contribution is -0.130. The van der Waals surface area contributed by atoms with Crippen LogP contribution < -0.4 is 10.0 Å². The third-order valence-electron chi connectivity index (χ3n) is 3.56. The van der Waals surface area contributed by atoms with Crippen LogP contribution in [0.15, 0.2) is 29.2 Å². The molecule has 8 nitrogen and oxygen atoms in total. The summed E-state index contributed by atoms with van der Waals surface area (Å²) in [5.41, 5.74) is 0.271. The van der Waals surface area contributed by atoms with E-state index in [1.54, 1.807) is 11.8 Å². The van der Waals surface area contributed by atoms with Crippen LogP contribution >= 0.6 is 12.4 Å². The van der Waals surface area contributed by atoms with Crippen molar-refractivity contribution < 1.29 is 22.7 Å². The van der Waals surface area contributed by atoms with Gasteiger partial charge in [-0.1, -0.05) is 0 Å². The molecule has 25 heavy (non-hydrogen) atoms. The second-order valence-electron chi connectivity index (χ2n) is 5.20. The Balaban J connectivity index is 0.00000312. The largest absolute Gasteiger partial charge is 0.462 e. The molecule has 0 bridgehead atoms. The fourth-order valence-electron chi connectivity index (χ4n) is 2.25. The summed E-state index contributed by atoms with van der Waals surface area (Å²) in [5, 5.41) is 3.12. The van der Waals surface area contributed by atoms with E-state index < -0.39 is 16.0 Å². The molecule has 0 aromatic heterocycles. The smallest absolute Gasteiger partial charge is 0.338 e. The molecule has 1 fully saturated rings. The molecule has 0 radical (unpaired) electrons. The molecular formula is C15H22ClN3O5S. The molecule has 140 valence electrons. The molecule has 10 heteroatoms. The Hall–Kier alpha value is -1.68. The van der Waals surface area contributed by atoms with E-state index in [4.69, 9.17) is 4.74 Å². The zero-order chi connectivity index (χ0) is 17.6. The predicted octanol–water partition coefficient (Wildman–Crippen LogP) is -0.00480. The number of carbonyl (C=O) groups is 2. The quantitative estimate of drug-likeness (QED) is 0.661. The SMILES string of the molecule is CCOC(=O)c1ccc(S(=O)(=O)NCC(=O)N2CCNCC2)cc1.Cl. The minimum atomic E-state index is -3.81. The van der Waals surface area contributed by atoms with Gasteiger partial charge < -0.3 is 15.0 Å². The number of piperazine rings is 1. The van der Waals surface area contributed by atoms with E-state index >= 15 is 0 Å². The highest BCUT2D eigenvalue weighted by molar-refractivity contribution is 7.89. The van der Waals surface area contributed by atoms with Crippen molar-refractivity contribution in [2.24, 2.45) is 0 Å². The van der Waals surface area contributed by atoms with Gasteiger partial charge in [-0.05, 0) is 31.2 Å². The molecule has 0 atom stereocenters. The minimum Gasteiger partial charge on any atom is -0.462 e. The first-order valence-electron chi connectivity index (χ1n) is 7.69. The number of nitrogens with one attached hydrogen (secondary N) is 2. The molecule has 1 aromatic carbocycles. The lowest BCUT2D eigenvalue weighted by Gasteiger charge is -2.27. The molecule has 1 aliphatic rings. The van der Waals surface area contributed by atoms with E-state index in [2.05, 4.69) is 10.0 Å². The van der Waals surface area contributed by atoms with Gasteiger partial charge in [0.2, 0.25) is 15.9 Å². The number of amides is 1. The maximum Gasteiger partial charge on any atom is 0.338 e. The van der Waals surface area contributed by atoms with E-state index in [9.17, 15) is 18.0 Å². The van der Waals surface area contributed by atoms with Crippen molar-refractivity contribution in [2.45, 2.75) is 11.8 Å². The Morgan fingerprint density at radius 3 is 2.36 bits per heavy atom. The van der Waals surface area contributed by atoms with Gasteiger partial charge in [0.15, 0.2) is 0 Å². The third-order valence-corrected chi connectivity index (χ3v) is 4.98. The van der Waals surface area contributed by atoms with Crippen molar-refractivity contribution >= 4 is 34.3 Å². The van der Waals surface area contributed by atoms with Crippen molar-refractivity contribution in [3.8, 4) is 0 Å². The molecule has 0 unspecified atom stereocenters. The topological polar surface area (TPSA) is 105 Å². The number of nitrogens with zero attached hydrogens (tertiary/aromatic N) is 1. The average Bonchev–Trinajstić information content (AvgIpc) is 2.61. The summed E-state index contributed by atoms with van der Waals surface area (Å²) in [5.74, 6) is -0.772. The van der Waals surface area contributed by atoms with E-state index in [-0.39, 0.29) is 41.9 Å². The van der Waals surface area contributed by atoms with Gasteiger partial charge in [0.05, 0.1) is 23.6 Å². The summed E-state index contributed by atoms with van der Waals surface area (Å²) in [6.45, 7) is 4.18. The van der Waals surface area contributed by atoms with Crippen LogP contribution in [-0.2, 0) is 19.6 Å². The van der Waals surface area contributed by atoms with Crippen LogP contribution in [0.1, 0.15) is 17.3 Å². The van der Waals surface area contributed by atoms with Gasteiger partial charge in [-0.25, -0.2) is 17.9 Å². The van der Waals surface area contributed by atoms with Gasteiger partial charge in [0, 0.05) is 26.2 Å². The zero-order valence-electron chi connectivity index (χ0n) is 13.9. The van der Waals surface area contributed by atoms with Gasteiger partial charge in [0.1, 0.15) is 0 Å². The molecule has 1 amide bonds. The number of benzene rings is 1. The molecule has 1 aliphatic heterocycles. The van der Waals surface area contributed by atoms with Crippen molar-refractivity contribution in [1.29, 1.82) is 0 Å². The van der Waals surface area contributed by atoms with Crippen LogP contribution in [0.4, 0.5) is 0 Å². The fourth-order valence-corrected chi connectivity index (χ4v) is 3.23. The molecule has 1 aromatic rings. The standard InChI is InChI=1S/C15H21N3O5S.ClH/c1-2-23-15(20)12-3-5-13(6-4-12)24(21,22)17-11-14(19)18-9-7-16-8-10-18;/h3-6,16-17H,2,7-11H2,1H3;1H. The number of carbonyl (C=O) groups excluding carboxylic acids is 2. The average molecular weight is 392 g/mol. The van der Waals surface area contributed by atoms with Crippen LogP contribution in [0.25, 0.3) is 0 Å². The lowest BCUT2D eigenvalue weighted by atomic mass is 10.2.